The van der Waals surface area contributed by atoms with Gasteiger partial charge >= 0.3 is 0 Å². The fraction of sp³-hybridized carbons (Fsp3) is 0.769. The molecule has 2 aliphatic rings. The predicted molar refractivity (Wildman–Crippen MR) is 80.3 cm³/mol. The molecule has 1 aromatic heterocycles. The zero-order valence-electron chi connectivity index (χ0n) is 12.4. The Labute approximate surface area is 125 Å². The van der Waals surface area contributed by atoms with E-state index in [0.29, 0.717) is 25.7 Å². The number of nitrogens with two attached hydrogens (primary N) is 1. The maximum atomic E-state index is 12.8. The van der Waals surface area contributed by atoms with E-state index in [9.17, 15) is 8.42 Å². The van der Waals surface area contributed by atoms with Crippen LogP contribution in [-0.2, 0) is 16.6 Å². The van der Waals surface area contributed by atoms with Gasteiger partial charge in [-0.15, -0.1) is 0 Å². The van der Waals surface area contributed by atoms with Crippen LogP contribution in [-0.4, -0.2) is 59.6 Å². The summed E-state index contributed by atoms with van der Waals surface area (Å²) in [7, 11) is -3.53. The normalized spacial score (nSPS) is 24.3. The molecular weight excluding hydrogens is 290 g/mol. The van der Waals surface area contributed by atoms with Crippen molar-refractivity contribution in [3.05, 3.63) is 6.20 Å². The average molecular weight is 313 g/mol. The molecule has 2 saturated heterocycles. The van der Waals surface area contributed by atoms with Gasteiger partial charge in [-0.1, -0.05) is 6.92 Å². The fourth-order valence-corrected chi connectivity index (χ4v) is 4.81. The first-order chi connectivity index (χ1) is 10.0. The van der Waals surface area contributed by atoms with Crippen LogP contribution in [0.25, 0.3) is 0 Å². The van der Waals surface area contributed by atoms with Gasteiger partial charge < -0.3 is 5.73 Å². The number of anilines is 1. The van der Waals surface area contributed by atoms with Gasteiger partial charge in [-0.3, -0.25) is 9.58 Å². The number of sulfonamides is 1. The number of aromatic nitrogens is 2. The molecule has 0 spiro atoms. The Kier molecular flexibility index (Phi) is 3.94. The highest BCUT2D eigenvalue weighted by molar-refractivity contribution is 7.89. The van der Waals surface area contributed by atoms with Gasteiger partial charge in [0.2, 0.25) is 10.0 Å². The van der Waals surface area contributed by atoms with Gasteiger partial charge in [-0.25, -0.2) is 8.42 Å². The van der Waals surface area contributed by atoms with Gasteiger partial charge in [0.1, 0.15) is 4.90 Å². The van der Waals surface area contributed by atoms with Gasteiger partial charge in [0.05, 0.1) is 0 Å². The molecule has 118 valence electrons. The number of nitrogens with zero attached hydrogens (tertiary/aromatic N) is 4. The van der Waals surface area contributed by atoms with E-state index in [0.717, 1.165) is 32.4 Å². The summed E-state index contributed by atoms with van der Waals surface area (Å²) in [6, 6.07) is 0.362. The van der Waals surface area contributed by atoms with Crippen LogP contribution < -0.4 is 5.73 Å². The molecule has 0 aliphatic carbocycles. The number of hydrogen-bond acceptors (Lipinski definition) is 5. The van der Waals surface area contributed by atoms with Crippen LogP contribution in [0.15, 0.2) is 11.1 Å². The monoisotopic (exact) mass is 313 g/mol. The van der Waals surface area contributed by atoms with Crippen LogP contribution in [0.4, 0.5) is 5.82 Å². The molecule has 2 aliphatic heterocycles. The topological polar surface area (TPSA) is 84.5 Å². The average Bonchev–Trinajstić information content (AvgIpc) is 3.04. The highest BCUT2D eigenvalue weighted by atomic mass is 32.2. The van der Waals surface area contributed by atoms with Crippen molar-refractivity contribution in [3.63, 3.8) is 0 Å². The Bertz CT molecular complexity index is 612. The van der Waals surface area contributed by atoms with Crippen LogP contribution in [0.1, 0.15) is 26.2 Å². The second kappa shape index (κ2) is 5.58. The summed E-state index contributed by atoms with van der Waals surface area (Å²) in [4.78, 5) is 2.54. The molecule has 1 unspecified atom stereocenters. The van der Waals surface area contributed by atoms with Crippen molar-refractivity contribution in [3.8, 4) is 0 Å². The van der Waals surface area contributed by atoms with Crippen molar-refractivity contribution in [2.24, 2.45) is 0 Å². The number of fused-ring (bicyclic) bond motifs is 1. The number of rotatable bonds is 4. The van der Waals surface area contributed by atoms with E-state index in [1.165, 1.54) is 0 Å². The lowest BCUT2D eigenvalue weighted by molar-refractivity contribution is 0.158. The van der Waals surface area contributed by atoms with Gasteiger partial charge in [0.15, 0.2) is 5.82 Å². The Hall–Kier alpha value is -1.12. The Morgan fingerprint density at radius 1 is 1.38 bits per heavy atom. The van der Waals surface area contributed by atoms with Crippen LogP contribution in [0.2, 0.25) is 0 Å². The zero-order chi connectivity index (χ0) is 15.0. The van der Waals surface area contributed by atoms with Crippen LogP contribution in [0.3, 0.4) is 0 Å². The van der Waals surface area contributed by atoms with Crippen LogP contribution >= 0.6 is 0 Å². The minimum atomic E-state index is -3.53. The lowest BCUT2D eigenvalue weighted by Gasteiger charge is -2.36. The summed E-state index contributed by atoms with van der Waals surface area (Å²) in [5, 5.41) is 4.11. The molecule has 8 heteroatoms. The molecule has 0 amide bonds. The minimum absolute atomic E-state index is 0.109. The third-order valence-corrected chi connectivity index (χ3v) is 6.26. The first kappa shape index (κ1) is 14.8. The lowest BCUT2D eigenvalue weighted by Crippen LogP contribution is -2.51. The zero-order valence-corrected chi connectivity index (χ0v) is 13.2. The second-order valence-corrected chi connectivity index (χ2v) is 7.74. The Morgan fingerprint density at radius 2 is 2.19 bits per heavy atom. The molecule has 3 heterocycles. The molecule has 0 saturated carbocycles. The fourth-order valence-electron chi connectivity index (χ4n) is 3.28. The summed E-state index contributed by atoms with van der Waals surface area (Å²) in [6.07, 6.45) is 4.70. The molecule has 2 fully saturated rings. The molecule has 2 N–H and O–H groups in total. The van der Waals surface area contributed by atoms with Gasteiger partial charge in [0.25, 0.3) is 0 Å². The summed E-state index contributed by atoms with van der Waals surface area (Å²) >= 11 is 0. The van der Waals surface area contributed by atoms with Crippen LogP contribution in [0, 0.1) is 0 Å². The summed E-state index contributed by atoms with van der Waals surface area (Å²) in [5.41, 5.74) is 5.82. The smallest absolute Gasteiger partial charge is 0.248 e. The van der Waals surface area contributed by atoms with E-state index in [1.807, 2.05) is 6.92 Å². The largest absolute Gasteiger partial charge is 0.381 e. The first-order valence-electron chi connectivity index (χ1n) is 7.59. The van der Waals surface area contributed by atoms with Crippen LogP contribution in [0.5, 0.6) is 0 Å². The molecule has 7 nitrogen and oxygen atoms in total. The molecule has 1 aromatic rings. The number of hydrogen-bond donors (Lipinski definition) is 1. The molecule has 0 bridgehead atoms. The minimum Gasteiger partial charge on any atom is -0.381 e. The van der Waals surface area contributed by atoms with E-state index in [-0.39, 0.29) is 10.7 Å². The third-order valence-electron chi connectivity index (χ3n) is 4.38. The number of nitrogen functional groups attached to an aromatic ring is 1. The maximum Gasteiger partial charge on any atom is 0.248 e. The van der Waals surface area contributed by atoms with Crippen molar-refractivity contribution in [2.75, 3.05) is 31.9 Å². The SMILES string of the molecule is CCCn1cc(S(=O)(=O)N2CCN3CCCC3C2)c(N)n1. The highest BCUT2D eigenvalue weighted by Crippen LogP contribution is 2.27. The Morgan fingerprint density at radius 3 is 2.95 bits per heavy atom. The summed E-state index contributed by atoms with van der Waals surface area (Å²) in [6.45, 7) is 5.71. The maximum absolute atomic E-state index is 12.8. The van der Waals surface area contributed by atoms with Gasteiger partial charge in [0, 0.05) is 38.4 Å². The van der Waals surface area contributed by atoms with E-state index in [2.05, 4.69) is 10.00 Å². The van der Waals surface area contributed by atoms with E-state index in [4.69, 9.17) is 5.73 Å². The van der Waals surface area contributed by atoms with Gasteiger partial charge in [-0.2, -0.15) is 9.40 Å². The molecule has 1 atom stereocenters. The van der Waals surface area contributed by atoms with E-state index >= 15 is 0 Å². The summed E-state index contributed by atoms with van der Waals surface area (Å²) in [5.74, 6) is 0.109. The van der Waals surface area contributed by atoms with E-state index < -0.39 is 10.0 Å². The molecule has 0 aromatic carbocycles. The molecule has 21 heavy (non-hydrogen) atoms. The molecule has 3 rings (SSSR count). The van der Waals surface area contributed by atoms with Crippen molar-refractivity contribution in [1.82, 2.24) is 19.0 Å². The second-order valence-electron chi connectivity index (χ2n) is 5.84. The standard InChI is InChI=1S/C13H23N5O2S/c1-2-5-17-10-12(13(14)15-17)21(19,20)18-8-7-16-6-3-4-11(16)9-18/h10-11H,2-9H2,1H3,(H2,14,15). The predicted octanol–water partition coefficient (Wildman–Crippen LogP) is 0.344. The van der Waals surface area contributed by atoms with Crippen molar-refractivity contribution < 1.29 is 8.42 Å². The van der Waals surface area contributed by atoms with Gasteiger partial charge in [-0.05, 0) is 25.8 Å². The quantitative estimate of drug-likeness (QED) is 0.867. The molecule has 0 radical (unpaired) electrons. The van der Waals surface area contributed by atoms with Crippen molar-refractivity contribution in [1.29, 1.82) is 0 Å². The van der Waals surface area contributed by atoms with E-state index in [1.54, 1.807) is 15.2 Å². The van der Waals surface area contributed by atoms with Crippen molar-refractivity contribution >= 4 is 15.8 Å². The van der Waals surface area contributed by atoms with Crippen molar-refractivity contribution in [2.45, 2.75) is 43.7 Å². The first-order valence-corrected chi connectivity index (χ1v) is 9.03. The number of piperazine rings is 1. The Balaban J connectivity index is 1.83. The number of aryl methyl sites for hydroxylation is 1. The summed E-state index contributed by atoms with van der Waals surface area (Å²) < 4.78 is 28.8. The lowest BCUT2D eigenvalue weighted by atomic mass is 10.2. The highest BCUT2D eigenvalue weighted by Gasteiger charge is 2.37. The third kappa shape index (κ3) is 2.67. The molecular formula is C13H23N5O2S.